The molecule has 0 spiro atoms. The summed E-state index contributed by atoms with van der Waals surface area (Å²) in [6, 6.07) is 10.3. The predicted molar refractivity (Wildman–Crippen MR) is 152 cm³/mol. The summed E-state index contributed by atoms with van der Waals surface area (Å²) in [4.78, 5) is 37.3. The van der Waals surface area contributed by atoms with Crippen LogP contribution in [0.15, 0.2) is 47.4 Å². The van der Waals surface area contributed by atoms with Crippen molar-refractivity contribution in [3.05, 3.63) is 58.6 Å². The van der Waals surface area contributed by atoms with Gasteiger partial charge in [-0.2, -0.15) is 5.10 Å². The molecule has 3 heterocycles. The van der Waals surface area contributed by atoms with Crippen LogP contribution < -0.4 is 11.0 Å². The van der Waals surface area contributed by atoms with Gasteiger partial charge in [0.1, 0.15) is 18.0 Å². The van der Waals surface area contributed by atoms with Crippen LogP contribution in [0.25, 0.3) is 28.0 Å². The Balaban J connectivity index is 1.30. The van der Waals surface area contributed by atoms with E-state index in [1.54, 1.807) is 11.0 Å². The molecule has 5 rings (SSSR count). The van der Waals surface area contributed by atoms with Crippen molar-refractivity contribution in [2.75, 3.05) is 19.6 Å². The van der Waals surface area contributed by atoms with E-state index in [2.05, 4.69) is 20.1 Å². The van der Waals surface area contributed by atoms with Crippen molar-refractivity contribution in [1.82, 2.24) is 29.5 Å². The van der Waals surface area contributed by atoms with Gasteiger partial charge >= 0.3 is 17.7 Å². The summed E-state index contributed by atoms with van der Waals surface area (Å²) in [5.41, 5.74) is 2.15. The Bertz CT molecular complexity index is 1640. The molecule has 1 fully saturated rings. The molecule has 1 aliphatic rings. The van der Waals surface area contributed by atoms with Gasteiger partial charge in [0, 0.05) is 42.8 Å². The van der Waals surface area contributed by atoms with Crippen LogP contribution in [0.1, 0.15) is 44.6 Å². The summed E-state index contributed by atoms with van der Waals surface area (Å²) in [6.45, 7) is 5.48. The lowest BCUT2D eigenvalue weighted by Gasteiger charge is -2.32. The summed E-state index contributed by atoms with van der Waals surface area (Å²) in [5, 5.41) is 39.6. The number of aliphatic carboxylic acids is 1. The first-order valence-corrected chi connectivity index (χ1v) is 13.7. The van der Waals surface area contributed by atoms with E-state index in [1.807, 2.05) is 44.3 Å². The summed E-state index contributed by atoms with van der Waals surface area (Å²) in [6.07, 6.45) is 4.68. The topological polar surface area (TPSA) is 166 Å². The zero-order valence-corrected chi connectivity index (χ0v) is 23.0. The molecule has 0 aliphatic carbocycles. The van der Waals surface area contributed by atoms with Crippen LogP contribution in [0.4, 0.5) is 4.79 Å². The fraction of sp³-hybridized carbons (Fsp3) is 0.379. The molecule has 0 unspecified atom stereocenters. The van der Waals surface area contributed by atoms with Gasteiger partial charge in [-0.3, -0.25) is 4.79 Å². The van der Waals surface area contributed by atoms with Crippen molar-refractivity contribution in [1.29, 1.82) is 0 Å². The number of nitrogens with one attached hydrogen (secondary N) is 2. The molecule has 216 valence electrons. The minimum absolute atomic E-state index is 0.000409. The highest BCUT2D eigenvalue weighted by atomic mass is 16.4. The van der Waals surface area contributed by atoms with E-state index in [9.17, 15) is 24.6 Å². The molecule has 2 aromatic carbocycles. The van der Waals surface area contributed by atoms with Crippen LogP contribution in [-0.4, -0.2) is 71.2 Å². The number of carbonyl (C=O) groups is 2. The normalized spacial score (nSPS) is 14.2. The van der Waals surface area contributed by atoms with Crippen LogP contribution in [0.2, 0.25) is 0 Å². The molecule has 0 bridgehead atoms. The Hall–Kier alpha value is -4.74. The fourth-order valence-electron chi connectivity index (χ4n) is 5.48. The van der Waals surface area contributed by atoms with Gasteiger partial charge in [0.05, 0.1) is 11.3 Å². The molecule has 4 aromatic rings. The molecule has 5 N–H and O–H groups in total. The predicted octanol–water partition coefficient (Wildman–Crippen LogP) is 3.61. The number of aryl methyl sites for hydroxylation is 1. The maximum absolute atomic E-state index is 12.8. The monoisotopic (exact) mass is 562 g/mol. The van der Waals surface area contributed by atoms with E-state index >= 15 is 0 Å². The first-order valence-electron chi connectivity index (χ1n) is 13.7. The van der Waals surface area contributed by atoms with E-state index in [0.717, 1.165) is 36.7 Å². The fourth-order valence-corrected chi connectivity index (χ4v) is 5.48. The van der Waals surface area contributed by atoms with Gasteiger partial charge in [-0.1, -0.05) is 13.8 Å². The number of phenolic OH excluding ortho intramolecular Hbond substituents is 2. The summed E-state index contributed by atoms with van der Waals surface area (Å²) >= 11 is 0. The van der Waals surface area contributed by atoms with Crippen molar-refractivity contribution >= 4 is 22.9 Å². The average Bonchev–Trinajstić information content (AvgIpc) is 3.53. The Kier molecular flexibility index (Phi) is 7.73. The number of carboxylic acid groups (broad SMARTS) is 1. The first kappa shape index (κ1) is 27.8. The van der Waals surface area contributed by atoms with Crippen molar-refractivity contribution in [2.45, 2.75) is 45.6 Å². The smallest absolute Gasteiger partial charge is 0.348 e. The SMILES string of the molecule is CC(C)c1cc(-c2n[nH]c(=O)n2-c2ccc3c(ccn3CCC3CCN(C(=O)NCC(=O)O)CC3)c2)c(O)cc1O. The lowest BCUT2D eigenvalue weighted by molar-refractivity contribution is -0.135. The average molecular weight is 563 g/mol. The number of phenols is 2. The van der Waals surface area contributed by atoms with Crippen molar-refractivity contribution in [3.8, 4) is 28.6 Å². The number of hydrogen-bond donors (Lipinski definition) is 5. The molecule has 41 heavy (non-hydrogen) atoms. The van der Waals surface area contributed by atoms with Gasteiger partial charge in [-0.05, 0) is 67.0 Å². The van der Waals surface area contributed by atoms with E-state index in [1.165, 1.54) is 10.6 Å². The molecular formula is C29H34N6O6. The highest BCUT2D eigenvalue weighted by molar-refractivity contribution is 5.83. The maximum atomic E-state index is 12.8. The van der Waals surface area contributed by atoms with Crippen molar-refractivity contribution in [3.63, 3.8) is 0 Å². The van der Waals surface area contributed by atoms with Crippen LogP contribution in [0.5, 0.6) is 11.5 Å². The number of aromatic hydroxyl groups is 2. The lowest BCUT2D eigenvalue weighted by atomic mass is 9.93. The summed E-state index contributed by atoms with van der Waals surface area (Å²) in [7, 11) is 0. The number of amides is 2. The Morgan fingerprint density at radius 2 is 1.85 bits per heavy atom. The number of H-pyrrole nitrogens is 1. The highest BCUT2D eigenvalue weighted by Crippen LogP contribution is 2.37. The number of urea groups is 1. The number of aromatic amines is 1. The molecule has 2 amide bonds. The molecule has 0 atom stereocenters. The zero-order valence-electron chi connectivity index (χ0n) is 23.0. The zero-order chi connectivity index (χ0) is 29.3. The van der Waals surface area contributed by atoms with E-state index in [-0.39, 0.29) is 35.8 Å². The molecule has 12 nitrogen and oxygen atoms in total. The number of fused-ring (bicyclic) bond motifs is 1. The van der Waals surface area contributed by atoms with Crippen LogP contribution in [0.3, 0.4) is 0 Å². The second kappa shape index (κ2) is 11.4. The van der Waals surface area contributed by atoms with E-state index in [4.69, 9.17) is 5.11 Å². The van der Waals surface area contributed by atoms with Crippen LogP contribution >= 0.6 is 0 Å². The number of nitrogens with zero attached hydrogens (tertiary/aromatic N) is 4. The third kappa shape index (κ3) is 5.76. The van der Waals surface area contributed by atoms with Gasteiger partial charge in [0.25, 0.3) is 0 Å². The van der Waals surface area contributed by atoms with Gasteiger partial charge in [0.15, 0.2) is 5.82 Å². The quantitative estimate of drug-likeness (QED) is 0.219. The molecule has 0 saturated carbocycles. The van der Waals surface area contributed by atoms with Crippen molar-refractivity contribution < 1.29 is 24.9 Å². The number of piperidine rings is 1. The molecule has 12 heteroatoms. The van der Waals surface area contributed by atoms with Gasteiger partial charge in [-0.15, -0.1) is 0 Å². The lowest BCUT2D eigenvalue weighted by Crippen LogP contribution is -2.45. The first-order chi connectivity index (χ1) is 19.6. The highest BCUT2D eigenvalue weighted by Gasteiger charge is 2.23. The minimum Gasteiger partial charge on any atom is -0.508 e. The van der Waals surface area contributed by atoms with E-state index in [0.29, 0.717) is 35.8 Å². The number of aromatic nitrogens is 4. The number of benzene rings is 2. The van der Waals surface area contributed by atoms with E-state index < -0.39 is 11.7 Å². The van der Waals surface area contributed by atoms with Crippen molar-refractivity contribution in [2.24, 2.45) is 5.92 Å². The number of carbonyl (C=O) groups excluding carboxylic acids is 1. The Labute approximate surface area is 235 Å². The number of likely N-dealkylation sites (tertiary alicyclic amines) is 1. The Morgan fingerprint density at radius 1 is 1.10 bits per heavy atom. The maximum Gasteiger partial charge on any atom is 0.348 e. The third-order valence-electron chi connectivity index (χ3n) is 7.76. The molecule has 1 saturated heterocycles. The molecule has 2 aromatic heterocycles. The minimum atomic E-state index is -1.06. The molecule has 1 aliphatic heterocycles. The number of hydrogen-bond acceptors (Lipinski definition) is 6. The van der Waals surface area contributed by atoms with Crippen LogP contribution in [-0.2, 0) is 11.3 Å². The third-order valence-corrected chi connectivity index (χ3v) is 7.76. The number of carboxylic acids is 1. The second-order valence-corrected chi connectivity index (χ2v) is 10.8. The standard InChI is InChI=1S/C29H34N6O6/c1-17(2)21-14-22(25(37)15-24(21)36)27-31-32-29(41)35(27)20-3-4-23-19(13-20)8-12-33(23)9-5-18-6-10-34(11-7-18)28(40)30-16-26(38)39/h3-4,8,12-15,17-18,36-37H,5-7,9-11,16H2,1-2H3,(H,30,40)(H,32,41)(H,38,39). The summed E-state index contributed by atoms with van der Waals surface area (Å²) in [5.74, 6) is -0.549. The largest absolute Gasteiger partial charge is 0.508 e. The summed E-state index contributed by atoms with van der Waals surface area (Å²) < 4.78 is 3.58. The van der Waals surface area contributed by atoms with Gasteiger partial charge < -0.3 is 30.1 Å². The number of rotatable bonds is 8. The van der Waals surface area contributed by atoms with Gasteiger partial charge in [-0.25, -0.2) is 19.3 Å². The Morgan fingerprint density at radius 3 is 2.56 bits per heavy atom. The molecule has 0 radical (unpaired) electrons. The molecular weight excluding hydrogens is 528 g/mol. The van der Waals surface area contributed by atoms with Crippen LogP contribution in [0, 0.1) is 5.92 Å². The van der Waals surface area contributed by atoms with Gasteiger partial charge in [0.2, 0.25) is 0 Å². The second-order valence-electron chi connectivity index (χ2n) is 10.8.